The fourth-order valence-electron chi connectivity index (χ4n) is 4.55. The summed E-state index contributed by atoms with van der Waals surface area (Å²) in [5.41, 5.74) is 2.91. The highest BCUT2D eigenvalue weighted by atomic mass is 32.1. The zero-order chi connectivity index (χ0) is 22.9. The summed E-state index contributed by atoms with van der Waals surface area (Å²) >= 11 is 1.55. The molecule has 3 aromatic heterocycles. The summed E-state index contributed by atoms with van der Waals surface area (Å²) in [6.07, 6.45) is 6.73. The number of fused-ring (bicyclic) bond motifs is 1. The summed E-state index contributed by atoms with van der Waals surface area (Å²) in [7, 11) is 1.50. The van der Waals surface area contributed by atoms with E-state index in [1.807, 2.05) is 48.4 Å². The van der Waals surface area contributed by atoms with Crippen LogP contribution in [0.1, 0.15) is 40.5 Å². The van der Waals surface area contributed by atoms with Crippen molar-refractivity contribution in [2.24, 2.45) is 0 Å². The number of halogens is 1. The minimum atomic E-state index is -0.384. The van der Waals surface area contributed by atoms with Gasteiger partial charge < -0.3 is 14.0 Å². The third kappa shape index (κ3) is 4.23. The van der Waals surface area contributed by atoms with Gasteiger partial charge in [0.2, 0.25) is 0 Å². The maximum Gasteiger partial charge on any atom is 0.274 e. The molecule has 1 atom stereocenters. The summed E-state index contributed by atoms with van der Waals surface area (Å²) < 4.78 is 20.8. The van der Waals surface area contributed by atoms with Crippen LogP contribution in [-0.2, 0) is 6.42 Å². The molecular weight excluding hydrogens is 439 g/mol. The van der Waals surface area contributed by atoms with Crippen LogP contribution < -0.4 is 4.74 Å². The Labute approximate surface area is 195 Å². The second kappa shape index (κ2) is 8.94. The van der Waals surface area contributed by atoms with E-state index in [2.05, 4.69) is 9.97 Å². The molecule has 0 bridgehead atoms. The number of nitrogens with zero attached hydrogens (tertiary/aromatic N) is 4. The minimum absolute atomic E-state index is 0.0117. The molecule has 5 rings (SSSR count). The summed E-state index contributed by atoms with van der Waals surface area (Å²) in [6, 6.07) is 11.3. The maximum absolute atomic E-state index is 13.9. The lowest BCUT2D eigenvalue weighted by atomic mass is 9.97. The number of pyridine rings is 1. The predicted molar refractivity (Wildman–Crippen MR) is 126 cm³/mol. The van der Waals surface area contributed by atoms with Crippen LogP contribution in [0.3, 0.4) is 0 Å². The van der Waals surface area contributed by atoms with Crippen molar-refractivity contribution in [1.82, 2.24) is 19.3 Å². The third-order valence-corrected chi connectivity index (χ3v) is 7.08. The zero-order valence-corrected chi connectivity index (χ0v) is 19.4. The quantitative estimate of drug-likeness (QED) is 0.410. The number of hydrogen-bond acceptors (Lipinski definition) is 5. The number of imidazole rings is 1. The van der Waals surface area contributed by atoms with Gasteiger partial charge in [0.1, 0.15) is 11.5 Å². The largest absolute Gasteiger partial charge is 0.493 e. The van der Waals surface area contributed by atoms with Crippen LogP contribution in [0, 0.1) is 12.7 Å². The molecule has 0 spiro atoms. The number of carbonyl (C=O) groups is 1. The molecule has 0 saturated carbocycles. The molecule has 1 aliphatic heterocycles. The van der Waals surface area contributed by atoms with Crippen LogP contribution in [0.15, 0.2) is 48.8 Å². The highest BCUT2D eigenvalue weighted by molar-refractivity contribution is 7.15. The van der Waals surface area contributed by atoms with E-state index >= 15 is 0 Å². The second-order valence-corrected chi connectivity index (χ2v) is 9.52. The van der Waals surface area contributed by atoms with Crippen LogP contribution >= 0.6 is 11.3 Å². The molecular formula is C25H25FN4O2S. The van der Waals surface area contributed by atoms with Gasteiger partial charge in [-0.15, -0.1) is 11.3 Å². The fraction of sp³-hybridized carbons (Fsp3) is 0.320. The Hall–Kier alpha value is -3.26. The topological polar surface area (TPSA) is 59.7 Å². The number of benzene rings is 1. The smallest absolute Gasteiger partial charge is 0.274 e. The van der Waals surface area contributed by atoms with Crippen molar-refractivity contribution in [3.05, 3.63) is 71.0 Å². The number of aryl methyl sites for hydroxylation is 1. The molecule has 33 heavy (non-hydrogen) atoms. The van der Waals surface area contributed by atoms with Crippen LogP contribution in [0.5, 0.6) is 5.75 Å². The van der Waals surface area contributed by atoms with Gasteiger partial charge in [0, 0.05) is 37.5 Å². The standard InChI is InChI=1S/C25H25FN4O2S/c1-16-27-22(23(33-16)17-8-4-3-5-9-17)25(31)30-11-7-6-10-20(30)13-19-15-29-14-18(26)12-21(32-2)24(29)28-19/h3-5,8-9,12,14-15,20H,6-7,10-11,13H2,1-2H3/t20-/m0/s1. The number of ether oxygens (including phenoxy) is 1. The Kier molecular flexibility index (Phi) is 5.85. The van der Waals surface area contributed by atoms with Crippen LogP contribution in [-0.4, -0.2) is 44.9 Å². The lowest BCUT2D eigenvalue weighted by Gasteiger charge is -2.35. The van der Waals surface area contributed by atoms with Gasteiger partial charge in [0.25, 0.3) is 5.91 Å². The number of thiazole rings is 1. The lowest BCUT2D eigenvalue weighted by Crippen LogP contribution is -2.45. The van der Waals surface area contributed by atoms with Crippen molar-refractivity contribution in [2.45, 2.75) is 38.6 Å². The van der Waals surface area contributed by atoms with E-state index < -0.39 is 0 Å². The molecule has 4 aromatic rings. The van der Waals surface area contributed by atoms with Gasteiger partial charge in [-0.2, -0.15) is 0 Å². The Morgan fingerprint density at radius 1 is 1.21 bits per heavy atom. The Balaban J connectivity index is 1.45. The Morgan fingerprint density at radius 3 is 2.82 bits per heavy atom. The highest BCUT2D eigenvalue weighted by Gasteiger charge is 2.31. The van der Waals surface area contributed by atoms with Gasteiger partial charge in [-0.1, -0.05) is 30.3 Å². The van der Waals surface area contributed by atoms with Gasteiger partial charge in [-0.3, -0.25) is 4.79 Å². The molecule has 0 N–H and O–H groups in total. The van der Waals surface area contributed by atoms with Gasteiger partial charge in [-0.25, -0.2) is 14.4 Å². The molecule has 1 amide bonds. The molecule has 0 aliphatic carbocycles. The van der Waals surface area contributed by atoms with Crippen LogP contribution in [0.4, 0.5) is 4.39 Å². The first kappa shape index (κ1) is 21.6. The number of carbonyl (C=O) groups excluding carboxylic acids is 1. The molecule has 1 fully saturated rings. The molecule has 1 aromatic carbocycles. The molecule has 8 heteroatoms. The summed E-state index contributed by atoms with van der Waals surface area (Å²) in [5, 5.41) is 0.875. The summed E-state index contributed by atoms with van der Waals surface area (Å²) in [6.45, 7) is 2.63. The number of aromatic nitrogens is 3. The van der Waals surface area contributed by atoms with Crippen LogP contribution in [0.2, 0.25) is 0 Å². The number of likely N-dealkylation sites (tertiary alicyclic amines) is 1. The van der Waals surface area contributed by atoms with E-state index in [1.165, 1.54) is 19.4 Å². The first-order chi connectivity index (χ1) is 16.0. The van der Waals surface area contributed by atoms with E-state index in [1.54, 1.807) is 15.7 Å². The van der Waals surface area contributed by atoms with Crippen molar-refractivity contribution in [3.63, 3.8) is 0 Å². The molecule has 0 radical (unpaired) electrons. The number of rotatable bonds is 5. The first-order valence-electron chi connectivity index (χ1n) is 11.1. The first-order valence-corrected chi connectivity index (χ1v) is 11.9. The van der Waals surface area contributed by atoms with Crippen molar-refractivity contribution in [2.75, 3.05) is 13.7 Å². The SMILES string of the molecule is COc1cc(F)cn2cc(C[C@@H]3CCCCN3C(=O)c3nc(C)sc3-c3ccccc3)nc12. The molecule has 4 heterocycles. The van der Waals surface area contributed by atoms with E-state index in [-0.39, 0.29) is 17.8 Å². The molecule has 0 unspecified atom stereocenters. The zero-order valence-electron chi connectivity index (χ0n) is 18.6. The van der Waals surface area contributed by atoms with Crippen molar-refractivity contribution in [3.8, 4) is 16.2 Å². The van der Waals surface area contributed by atoms with Gasteiger partial charge in [-0.05, 0) is 31.7 Å². The van der Waals surface area contributed by atoms with Gasteiger partial charge in [0.05, 0.1) is 22.7 Å². The van der Waals surface area contributed by atoms with E-state index in [4.69, 9.17) is 4.74 Å². The van der Waals surface area contributed by atoms with Gasteiger partial charge >= 0.3 is 0 Å². The molecule has 170 valence electrons. The lowest BCUT2D eigenvalue weighted by molar-refractivity contribution is 0.0608. The van der Waals surface area contributed by atoms with Crippen LogP contribution in [0.25, 0.3) is 16.1 Å². The normalized spacial score (nSPS) is 16.3. The fourth-order valence-corrected chi connectivity index (χ4v) is 5.46. The van der Waals surface area contributed by atoms with Crippen molar-refractivity contribution in [1.29, 1.82) is 0 Å². The number of methoxy groups -OCH3 is 1. The minimum Gasteiger partial charge on any atom is -0.493 e. The average Bonchev–Trinajstić information content (AvgIpc) is 3.42. The summed E-state index contributed by atoms with van der Waals surface area (Å²) in [5.74, 6) is -0.0244. The van der Waals surface area contributed by atoms with E-state index in [0.717, 1.165) is 40.4 Å². The number of hydrogen-bond donors (Lipinski definition) is 0. The van der Waals surface area contributed by atoms with E-state index in [9.17, 15) is 9.18 Å². The maximum atomic E-state index is 13.9. The Morgan fingerprint density at radius 2 is 2.03 bits per heavy atom. The number of piperidine rings is 1. The van der Waals surface area contributed by atoms with Gasteiger partial charge in [0.15, 0.2) is 11.4 Å². The molecule has 1 aliphatic rings. The third-order valence-electron chi connectivity index (χ3n) is 6.06. The highest BCUT2D eigenvalue weighted by Crippen LogP contribution is 2.33. The Bertz CT molecular complexity index is 1300. The monoisotopic (exact) mass is 464 g/mol. The number of amides is 1. The molecule has 1 saturated heterocycles. The second-order valence-electron chi connectivity index (χ2n) is 8.32. The average molecular weight is 465 g/mol. The molecule has 6 nitrogen and oxygen atoms in total. The predicted octanol–water partition coefficient (Wildman–Crippen LogP) is 5.15. The van der Waals surface area contributed by atoms with Crippen molar-refractivity contribution < 1.29 is 13.9 Å². The summed E-state index contributed by atoms with van der Waals surface area (Å²) in [4.78, 5) is 25.9. The van der Waals surface area contributed by atoms with Crippen molar-refractivity contribution >= 4 is 22.9 Å². The van der Waals surface area contributed by atoms with E-state index in [0.29, 0.717) is 30.1 Å².